The Labute approximate surface area is 121 Å². The number of halogens is 3. The van der Waals surface area contributed by atoms with Crippen LogP contribution in [0, 0.1) is 0 Å². The van der Waals surface area contributed by atoms with Gasteiger partial charge in [-0.15, -0.1) is 12.4 Å². The second kappa shape index (κ2) is 6.26. The lowest BCUT2D eigenvalue weighted by Gasteiger charge is -2.31. The Morgan fingerprint density at radius 2 is 1.95 bits per heavy atom. The molecule has 1 atom stereocenters. The van der Waals surface area contributed by atoms with Gasteiger partial charge in [0.05, 0.1) is 6.10 Å². The van der Waals surface area contributed by atoms with Crippen LogP contribution in [0.25, 0.3) is 0 Å². The average Bonchev–Trinajstić information content (AvgIpc) is 2.33. The van der Waals surface area contributed by atoms with Crippen molar-refractivity contribution < 1.29 is 23.0 Å². The Morgan fingerprint density at radius 3 is 2.50 bits per heavy atom. The molecule has 1 aromatic rings. The smallest absolute Gasteiger partial charge is 0.408 e. The molecule has 112 valence electrons. The predicted molar refractivity (Wildman–Crippen MR) is 71.6 cm³/mol. The molecule has 20 heavy (non-hydrogen) atoms. The Bertz CT molecular complexity index is 465. The SMILES string of the molecule is CC(C)Oc1ccc([C@@H]2NC(=O)OCC2(F)F)cc1.Cl. The first-order chi connectivity index (χ1) is 8.88. The highest BCUT2D eigenvalue weighted by molar-refractivity contribution is 5.85. The van der Waals surface area contributed by atoms with E-state index in [1.807, 2.05) is 13.8 Å². The van der Waals surface area contributed by atoms with E-state index in [0.717, 1.165) is 0 Å². The maximum atomic E-state index is 13.7. The summed E-state index contributed by atoms with van der Waals surface area (Å²) in [5, 5.41) is 2.13. The second-order valence-corrected chi connectivity index (χ2v) is 4.65. The summed E-state index contributed by atoms with van der Waals surface area (Å²) in [6, 6.07) is 4.87. The van der Waals surface area contributed by atoms with Crippen molar-refractivity contribution in [2.45, 2.75) is 31.9 Å². The number of carbonyl (C=O) groups is 1. The van der Waals surface area contributed by atoms with E-state index in [-0.39, 0.29) is 18.5 Å². The van der Waals surface area contributed by atoms with Gasteiger partial charge in [0.25, 0.3) is 0 Å². The maximum Gasteiger partial charge on any atom is 0.408 e. The number of cyclic esters (lactones) is 1. The molecule has 0 bridgehead atoms. The summed E-state index contributed by atoms with van der Waals surface area (Å²) < 4.78 is 37.1. The molecule has 0 unspecified atom stereocenters. The Balaban J connectivity index is 0.00000200. The van der Waals surface area contributed by atoms with Crippen LogP contribution in [0.3, 0.4) is 0 Å². The van der Waals surface area contributed by atoms with Crippen LogP contribution in [0.2, 0.25) is 0 Å². The van der Waals surface area contributed by atoms with Crippen LogP contribution in [0.15, 0.2) is 24.3 Å². The molecule has 2 rings (SSSR count). The van der Waals surface area contributed by atoms with Gasteiger partial charge in [-0.1, -0.05) is 12.1 Å². The van der Waals surface area contributed by atoms with Gasteiger partial charge in [-0.2, -0.15) is 0 Å². The highest BCUT2D eigenvalue weighted by atomic mass is 35.5. The Kier molecular flexibility index (Phi) is 5.16. The van der Waals surface area contributed by atoms with E-state index in [2.05, 4.69) is 10.1 Å². The largest absolute Gasteiger partial charge is 0.491 e. The number of carbonyl (C=O) groups excluding carboxylic acids is 1. The minimum atomic E-state index is -3.13. The zero-order chi connectivity index (χ0) is 14.0. The summed E-state index contributed by atoms with van der Waals surface area (Å²) in [4.78, 5) is 11.1. The van der Waals surface area contributed by atoms with Crippen molar-refractivity contribution in [3.8, 4) is 5.75 Å². The first-order valence-corrected chi connectivity index (χ1v) is 5.96. The summed E-state index contributed by atoms with van der Waals surface area (Å²) in [5.41, 5.74) is 0.317. The fourth-order valence-electron chi connectivity index (χ4n) is 1.85. The fourth-order valence-corrected chi connectivity index (χ4v) is 1.85. The normalized spacial score (nSPS) is 20.6. The molecule has 1 aromatic carbocycles. The van der Waals surface area contributed by atoms with Gasteiger partial charge in [0.15, 0.2) is 6.61 Å². The molecule has 1 saturated heterocycles. The molecule has 4 nitrogen and oxygen atoms in total. The molecule has 1 aliphatic heterocycles. The molecule has 0 spiro atoms. The summed E-state index contributed by atoms with van der Waals surface area (Å²) >= 11 is 0. The lowest BCUT2D eigenvalue weighted by molar-refractivity contribution is -0.104. The Morgan fingerprint density at radius 1 is 1.35 bits per heavy atom. The lowest BCUT2D eigenvalue weighted by Crippen LogP contribution is -2.49. The molecule has 1 fully saturated rings. The number of amides is 1. The highest BCUT2D eigenvalue weighted by Gasteiger charge is 2.46. The zero-order valence-corrected chi connectivity index (χ0v) is 11.9. The maximum absolute atomic E-state index is 13.7. The predicted octanol–water partition coefficient (Wildman–Crippen LogP) is 3.31. The van der Waals surface area contributed by atoms with Gasteiger partial charge in [-0.3, -0.25) is 0 Å². The highest BCUT2D eigenvalue weighted by Crippen LogP contribution is 2.34. The third-order valence-electron chi connectivity index (χ3n) is 2.67. The topological polar surface area (TPSA) is 47.6 Å². The molecular formula is C13H16ClF2NO3. The van der Waals surface area contributed by atoms with Crippen molar-refractivity contribution in [3.63, 3.8) is 0 Å². The van der Waals surface area contributed by atoms with Crippen LogP contribution in [0.5, 0.6) is 5.75 Å². The minimum absolute atomic E-state index is 0. The standard InChI is InChI=1S/C13H15F2NO3.ClH/c1-8(2)19-10-5-3-9(4-6-10)11-13(14,15)7-18-12(17)16-11;/h3-6,8,11H,7H2,1-2H3,(H,16,17);1H/t11-;/m0./s1. The Hall–Kier alpha value is -1.56. The van der Waals surface area contributed by atoms with Gasteiger partial charge in [0.2, 0.25) is 0 Å². The first kappa shape index (κ1) is 16.5. The van der Waals surface area contributed by atoms with Gasteiger partial charge in [0.1, 0.15) is 11.8 Å². The first-order valence-electron chi connectivity index (χ1n) is 5.96. The van der Waals surface area contributed by atoms with E-state index in [4.69, 9.17) is 4.74 Å². The number of hydrogen-bond donors (Lipinski definition) is 1. The van der Waals surface area contributed by atoms with Gasteiger partial charge < -0.3 is 14.8 Å². The van der Waals surface area contributed by atoms with Crippen LogP contribution in [-0.4, -0.2) is 24.7 Å². The van der Waals surface area contributed by atoms with Crippen LogP contribution >= 0.6 is 12.4 Å². The molecule has 1 aliphatic rings. The summed E-state index contributed by atoms with van der Waals surface area (Å²) in [5.74, 6) is -2.53. The van der Waals surface area contributed by atoms with Gasteiger partial charge in [-0.05, 0) is 31.5 Å². The molecule has 0 saturated carbocycles. The number of alkyl carbamates (subject to hydrolysis) is 1. The lowest BCUT2D eigenvalue weighted by atomic mass is 10.00. The molecule has 1 heterocycles. The minimum Gasteiger partial charge on any atom is -0.491 e. The van der Waals surface area contributed by atoms with Crippen molar-refractivity contribution in [1.82, 2.24) is 5.32 Å². The van der Waals surface area contributed by atoms with Crippen molar-refractivity contribution in [3.05, 3.63) is 29.8 Å². The monoisotopic (exact) mass is 307 g/mol. The number of ether oxygens (including phenoxy) is 2. The van der Waals surface area contributed by atoms with E-state index >= 15 is 0 Å². The average molecular weight is 308 g/mol. The van der Waals surface area contributed by atoms with E-state index in [1.54, 1.807) is 12.1 Å². The van der Waals surface area contributed by atoms with Crippen molar-refractivity contribution in [1.29, 1.82) is 0 Å². The third kappa shape index (κ3) is 3.72. The molecule has 0 aromatic heterocycles. The molecule has 1 N–H and O–H groups in total. The fraction of sp³-hybridized carbons (Fsp3) is 0.462. The van der Waals surface area contributed by atoms with E-state index < -0.39 is 24.7 Å². The van der Waals surface area contributed by atoms with Crippen molar-refractivity contribution in [2.75, 3.05) is 6.61 Å². The van der Waals surface area contributed by atoms with Crippen LogP contribution in [0.1, 0.15) is 25.5 Å². The van der Waals surface area contributed by atoms with Gasteiger partial charge in [0, 0.05) is 0 Å². The van der Waals surface area contributed by atoms with E-state index in [0.29, 0.717) is 11.3 Å². The van der Waals surface area contributed by atoms with Crippen molar-refractivity contribution in [2.24, 2.45) is 0 Å². The molecule has 0 aliphatic carbocycles. The van der Waals surface area contributed by atoms with Crippen molar-refractivity contribution >= 4 is 18.5 Å². The van der Waals surface area contributed by atoms with Crippen LogP contribution in [-0.2, 0) is 4.74 Å². The number of rotatable bonds is 3. The third-order valence-corrected chi connectivity index (χ3v) is 2.67. The summed E-state index contributed by atoms with van der Waals surface area (Å²) in [6.45, 7) is 2.84. The number of nitrogens with one attached hydrogen (secondary N) is 1. The number of hydrogen-bond acceptors (Lipinski definition) is 3. The quantitative estimate of drug-likeness (QED) is 0.932. The molecular weight excluding hydrogens is 292 g/mol. The molecule has 1 amide bonds. The molecule has 7 heteroatoms. The zero-order valence-electron chi connectivity index (χ0n) is 11.1. The summed E-state index contributed by atoms with van der Waals surface area (Å²) in [6.07, 6.45) is -0.825. The van der Waals surface area contributed by atoms with Gasteiger partial charge in [-0.25, -0.2) is 13.6 Å². The number of benzene rings is 1. The molecule has 0 radical (unpaired) electrons. The van der Waals surface area contributed by atoms with E-state index in [9.17, 15) is 13.6 Å². The van der Waals surface area contributed by atoms with Crippen LogP contribution < -0.4 is 10.1 Å². The van der Waals surface area contributed by atoms with E-state index in [1.165, 1.54) is 12.1 Å². The van der Waals surface area contributed by atoms with Gasteiger partial charge >= 0.3 is 12.0 Å². The second-order valence-electron chi connectivity index (χ2n) is 4.65. The van der Waals surface area contributed by atoms with Crippen LogP contribution in [0.4, 0.5) is 13.6 Å². The summed E-state index contributed by atoms with van der Waals surface area (Å²) in [7, 11) is 0. The number of alkyl halides is 2.